The minimum Gasteiger partial charge on any atom is -0.294 e. The van der Waals surface area contributed by atoms with Gasteiger partial charge in [0.15, 0.2) is 5.78 Å². The zero-order valence-electron chi connectivity index (χ0n) is 9.03. The molecule has 0 spiro atoms. The van der Waals surface area contributed by atoms with Gasteiger partial charge in [-0.1, -0.05) is 24.3 Å². The van der Waals surface area contributed by atoms with Crippen LogP contribution in [0.25, 0.3) is 0 Å². The Labute approximate surface area is 95.3 Å². The summed E-state index contributed by atoms with van der Waals surface area (Å²) in [5.41, 5.74) is 2.21. The fourth-order valence-corrected chi connectivity index (χ4v) is 2.72. The SMILES string of the molecule is CSCCC1CCc2ccccc2C1=O. The van der Waals surface area contributed by atoms with Gasteiger partial charge in [0.05, 0.1) is 0 Å². The fraction of sp³-hybridized carbons (Fsp3) is 0.462. The van der Waals surface area contributed by atoms with Gasteiger partial charge >= 0.3 is 0 Å². The molecule has 1 aliphatic rings. The molecule has 0 amide bonds. The molecule has 15 heavy (non-hydrogen) atoms. The number of hydrogen-bond donors (Lipinski definition) is 0. The topological polar surface area (TPSA) is 17.1 Å². The van der Waals surface area contributed by atoms with Crippen LogP contribution in [0.3, 0.4) is 0 Å². The molecule has 0 saturated heterocycles. The summed E-state index contributed by atoms with van der Waals surface area (Å²) in [6.07, 6.45) is 5.24. The number of thioether (sulfide) groups is 1. The summed E-state index contributed by atoms with van der Waals surface area (Å²) in [6, 6.07) is 8.04. The first-order chi connectivity index (χ1) is 7.33. The molecular formula is C13H16OS. The molecule has 0 N–H and O–H groups in total. The lowest BCUT2D eigenvalue weighted by Gasteiger charge is -2.22. The molecule has 1 unspecified atom stereocenters. The van der Waals surface area contributed by atoms with Gasteiger partial charge in [0.25, 0.3) is 0 Å². The quantitative estimate of drug-likeness (QED) is 0.778. The van der Waals surface area contributed by atoms with E-state index < -0.39 is 0 Å². The Morgan fingerprint density at radius 2 is 2.20 bits per heavy atom. The number of carbonyl (C=O) groups excluding carboxylic acids is 1. The van der Waals surface area contributed by atoms with Crippen LogP contribution in [0.15, 0.2) is 24.3 Å². The van der Waals surface area contributed by atoms with Crippen molar-refractivity contribution in [2.75, 3.05) is 12.0 Å². The molecule has 0 aliphatic heterocycles. The number of fused-ring (bicyclic) bond motifs is 1. The standard InChI is InChI=1S/C13H16OS/c1-15-9-8-11-7-6-10-4-2-3-5-12(10)13(11)14/h2-5,11H,6-9H2,1H3. The Hall–Kier alpha value is -0.760. The Morgan fingerprint density at radius 1 is 1.40 bits per heavy atom. The van der Waals surface area contributed by atoms with Crippen molar-refractivity contribution >= 4 is 17.5 Å². The number of hydrogen-bond acceptors (Lipinski definition) is 2. The van der Waals surface area contributed by atoms with Crippen molar-refractivity contribution in [2.45, 2.75) is 19.3 Å². The molecule has 0 saturated carbocycles. The van der Waals surface area contributed by atoms with Gasteiger partial charge in [-0.05, 0) is 36.8 Å². The summed E-state index contributed by atoms with van der Waals surface area (Å²) in [7, 11) is 0. The smallest absolute Gasteiger partial charge is 0.166 e. The van der Waals surface area contributed by atoms with Crippen molar-refractivity contribution < 1.29 is 4.79 Å². The summed E-state index contributed by atoms with van der Waals surface area (Å²) in [5.74, 6) is 1.73. The predicted molar refractivity (Wildman–Crippen MR) is 65.6 cm³/mol. The van der Waals surface area contributed by atoms with Crippen LogP contribution in [0.5, 0.6) is 0 Å². The van der Waals surface area contributed by atoms with Gasteiger partial charge < -0.3 is 0 Å². The maximum atomic E-state index is 12.1. The molecule has 0 aromatic heterocycles. The zero-order valence-corrected chi connectivity index (χ0v) is 9.85. The van der Waals surface area contributed by atoms with E-state index in [4.69, 9.17) is 0 Å². The van der Waals surface area contributed by atoms with E-state index in [2.05, 4.69) is 12.3 Å². The van der Waals surface area contributed by atoms with Gasteiger partial charge in [-0.3, -0.25) is 4.79 Å². The molecule has 0 radical (unpaired) electrons. The third-order valence-electron chi connectivity index (χ3n) is 3.09. The lowest BCUT2D eigenvalue weighted by atomic mass is 9.81. The van der Waals surface area contributed by atoms with E-state index in [0.29, 0.717) is 5.78 Å². The van der Waals surface area contributed by atoms with Crippen LogP contribution in [-0.4, -0.2) is 17.8 Å². The second-order valence-electron chi connectivity index (χ2n) is 4.04. The molecule has 0 bridgehead atoms. The van der Waals surface area contributed by atoms with Gasteiger partial charge in [-0.2, -0.15) is 11.8 Å². The number of ketones is 1. The number of rotatable bonds is 3. The van der Waals surface area contributed by atoms with Crippen molar-refractivity contribution in [3.05, 3.63) is 35.4 Å². The van der Waals surface area contributed by atoms with E-state index >= 15 is 0 Å². The molecule has 1 aromatic carbocycles. The highest BCUT2D eigenvalue weighted by atomic mass is 32.2. The van der Waals surface area contributed by atoms with Gasteiger partial charge in [0, 0.05) is 11.5 Å². The number of carbonyl (C=O) groups is 1. The number of aryl methyl sites for hydroxylation is 1. The van der Waals surface area contributed by atoms with Crippen LogP contribution >= 0.6 is 11.8 Å². The maximum absolute atomic E-state index is 12.1. The molecular weight excluding hydrogens is 204 g/mol. The molecule has 1 atom stereocenters. The van der Waals surface area contributed by atoms with E-state index in [1.54, 1.807) is 0 Å². The second kappa shape index (κ2) is 4.84. The molecule has 2 rings (SSSR count). The fourth-order valence-electron chi connectivity index (χ4n) is 2.19. The largest absolute Gasteiger partial charge is 0.294 e. The molecule has 0 fully saturated rings. The van der Waals surface area contributed by atoms with Crippen molar-refractivity contribution in [2.24, 2.45) is 5.92 Å². The molecule has 80 valence electrons. The predicted octanol–water partition coefficient (Wildman–Crippen LogP) is 3.18. The summed E-state index contributed by atoms with van der Waals surface area (Å²) >= 11 is 1.83. The molecule has 2 heteroatoms. The van der Waals surface area contributed by atoms with Crippen LogP contribution < -0.4 is 0 Å². The summed E-state index contributed by atoms with van der Waals surface area (Å²) in [5, 5.41) is 0. The third kappa shape index (κ3) is 2.25. The third-order valence-corrected chi connectivity index (χ3v) is 3.73. The molecule has 0 heterocycles. The highest BCUT2D eigenvalue weighted by Crippen LogP contribution is 2.27. The van der Waals surface area contributed by atoms with Crippen molar-refractivity contribution in [1.29, 1.82) is 0 Å². The Bertz CT molecular complexity index is 359. The average Bonchev–Trinajstić information content (AvgIpc) is 2.29. The summed E-state index contributed by atoms with van der Waals surface area (Å²) in [6.45, 7) is 0. The highest BCUT2D eigenvalue weighted by Gasteiger charge is 2.26. The molecule has 1 aromatic rings. The van der Waals surface area contributed by atoms with E-state index in [9.17, 15) is 4.79 Å². The van der Waals surface area contributed by atoms with Gasteiger partial charge in [-0.15, -0.1) is 0 Å². The van der Waals surface area contributed by atoms with Gasteiger partial charge in [0.1, 0.15) is 0 Å². The molecule has 1 aliphatic carbocycles. The number of benzene rings is 1. The van der Waals surface area contributed by atoms with Crippen LogP contribution in [0.1, 0.15) is 28.8 Å². The maximum Gasteiger partial charge on any atom is 0.166 e. The van der Waals surface area contributed by atoms with E-state index in [-0.39, 0.29) is 5.92 Å². The minimum absolute atomic E-state index is 0.271. The van der Waals surface area contributed by atoms with Gasteiger partial charge in [-0.25, -0.2) is 0 Å². The average molecular weight is 220 g/mol. The molecule has 1 nitrogen and oxygen atoms in total. The Morgan fingerprint density at radius 3 is 3.00 bits per heavy atom. The van der Waals surface area contributed by atoms with E-state index in [1.807, 2.05) is 30.0 Å². The van der Waals surface area contributed by atoms with Crippen molar-refractivity contribution in [3.8, 4) is 0 Å². The zero-order chi connectivity index (χ0) is 10.7. The first-order valence-electron chi connectivity index (χ1n) is 5.44. The van der Waals surface area contributed by atoms with Gasteiger partial charge in [0.2, 0.25) is 0 Å². The first-order valence-corrected chi connectivity index (χ1v) is 6.83. The lowest BCUT2D eigenvalue weighted by molar-refractivity contribution is 0.0899. The van der Waals surface area contributed by atoms with Crippen molar-refractivity contribution in [3.63, 3.8) is 0 Å². The number of Topliss-reactive ketones (excluding diaryl/α,β-unsaturated/α-hetero) is 1. The Balaban J connectivity index is 2.15. The Kier molecular flexibility index (Phi) is 3.47. The van der Waals surface area contributed by atoms with Crippen LogP contribution in [0.2, 0.25) is 0 Å². The van der Waals surface area contributed by atoms with Crippen molar-refractivity contribution in [1.82, 2.24) is 0 Å². The minimum atomic E-state index is 0.271. The van der Waals surface area contributed by atoms with E-state index in [0.717, 1.165) is 30.6 Å². The summed E-state index contributed by atoms with van der Waals surface area (Å²) < 4.78 is 0. The first kappa shape index (κ1) is 10.7. The second-order valence-corrected chi connectivity index (χ2v) is 5.02. The highest BCUT2D eigenvalue weighted by molar-refractivity contribution is 7.98. The normalized spacial score (nSPS) is 20.1. The van der Waals surface area contributed by atoms with E-state index in [1.165, 1.54) is 5.56 Å². The van der Waals surface area contributed by atoms with Crippen LogP contribution in [0, 0.1) is 5.92 Å². The summed E-state index contributed by atoms with van der Waals surface area (Å²) in [4.78, 5) is 12.1. The monoisotopic (exact) mass is 220 g/mol. The van der Waals surface area contributed by atoms with Crippen LogP contribution in [-0.2, 0) is 6.42 Å². The lowest BCUT2D eigenvalue weighted by Crippen LogP contribution is -2.22. The van der Waals surface area contributed by atoms with Crippen LogP contribution in [0.4, 0.5) is 0 Å².